The molecule has 0 radical (unpaired) electrons. The molecular weight excluding hydrogens is 421 g/mol. The fourth-order valence-corrected chi connectivity index (χ4v) is 5.09. The van der Waals surface area contributed by atoms with Crippen molar-refractivity contribution in [2.75, 3.05) is 19.6 Å². The Morgan fingerprint density at radius 1 is 1.00 bits per heavy atom. The summed E-state index contributed by atoms with van der Waals surface area (Å²) in [6, 6.07) is 16.2. The lowest BCUT2D eigenvalue weighted by Crippen LogP contribution is -2.59. The number of carbonyl (C=O) groups excluding carboxylic acids is 2. The SMILES string of the molecule is O=C1CC2(CCN(C(=O)C(O)(c3ccccc3)C(F)(F)F)CC2)[C@H](c2ccccc2)CN1. The molecule has 32 heavy (non-hydrogen) atoms. The number of hydrogen-bond donors (Lipinski definition) is 2. The largest absolute Gasteiger partial charge is 0.430 e. The molecule has 2 saturated heterocycles. The van der Waals surface area contributed by atoms with Crippen LogP contribution in [0.4, 0.5) is 13.2 Å². The first-order valence-corrected chi connectivity index (χ1v) is 10.6. The van der Waals surface area contributed by atoms with Crippen molar-refractivity contribution < 1.29 is 27.9 Å². The van der Waals surface area contributed by atoms with Gasteiger partial charge in [0.25, 0.3) is 11.5 Å². The molecule has 4 rings (SSSR count). The maximum absolute atomic E-state index is 13.9. The van der Waals surface area contributed by atoms with Gasteiger partial charge in [-0.05, 0) is 23.8 Å². The van der Waals surface area contributed by atoms with E-state index >= 15 is 0 Å². The van der Waals surface area contributed by atoms with Gasteiger partial charge in [0.05, 0.1) is 0 Å². The smallest absolute Gasteiger partial charge is 0.369 e. The number of halogens is 3. The first kappa shape index (κ1) is 22.3. The molecule has 2 atom stereocenters. The predicted molar refractivity (Wildman–Crippen MR) is 111 cm³/mol. The number of carbonyl (C=O) groups is 2. The Hall–Kier alpha value is -2.87. The van der Waals surface area contributed by atoms with Gasteiger partial charge in [0.2, 0.25) is 5.91 Å². The maximum atomic E-state index is 13.9. The number of piperidine rings is 2. The molecule has 170 valence electrons. The number of benzene rings is 2. The lowest BCUT2D eigenvalue weighted by molar-refractivity contribution is -0.262. The van der Waals surface area contributed by atoms with Crippen molar-refractivity contribution in [1.82, 2.24) is 10.2 Å². The van der Waals surface area contributed by atoms with Crippen LogP contribution < -0.4 is 5.32 Å². The molecule has 1 unspecified atom stereocenters. The van der Waals surface area contributed by atoms with Crippen molar-refractivity contribution in [3.8, 4) is 0 Å². The van der Waals surface area contributed by atoms with Gasteiger partial charge in [-0.25, -0.2) is 0 Å². The summed E-state index contributed by atoms with van der Waals surface area (Å²) < 4.78 is 41.8. The van der Waals surface area contributed by atoms with Crippen molar-refractivity contribution in [1.29, 1.82) is 0 Å². The van der Waals surface area contributed by atoms with Crippen molar-refractivity contribution in [3.63, 3.8) is 0 Å². The predicted octanol–water partition coefficient (Wildman–Crippen LogP) is 3.35. The number of nitrogens with zero attached hydrogens (tertiary/aromatic N) is 1. The summed E-state index contributed by atoms with van der Waals surface area (Å²) in [6.45, 7) is 0.536. The third-order valence-corrected chi connectivity index (χ3v) is 6.91. The number of hydrogen-bond acceptors (Lipinski definition) is 3. The lowest BCUT2D eigenvalue weighted by atomic mass is 9.62. The van der Waals surface area contributed by atoms with Gasteiger partial charge in [0, 0.05) is 37.5 Å². The van der Waals surface area contributed by atoms with Crippen LogP contribution in [0.25, 0.3) is 0 Å². The molecule has 2 aromatic rings. The molecular formula is C24H25F3N2O3. The van der Waals surface area contributed by atoms with E-state index in [2.05, 4.69) is 5.32 Å². The zero-order chi connectivity index (χ0) is 23.0. The van der Waals surface area contributed by atoms with Gasteiger partial charge in [0.15, 0.2) is 0 Å². The van der Waals surface area contributed by atoms with Crippen LogP contribution >= 0.6 is 0 Å². The Bertz CT molecular complexity index is 973. The number of amides is 2. The second kappa shape index (κ2) is 8.24. The molecule has 2 heterocycles. The highest BCUT2D eigenvalue weighted by Gasteiger charge is 2.62. The van der Waals surface area contributed by atoms with Gasteiger partial charge in [-0.2, -0.15) is 13.2 Å². The average molecular weight is 446 g/mol. The van der Waals surface area contributed by atoms with E-state index in [1.54, 1.807) is 0 Å². The van der Waals surface area contributed by atoms with Gasteiger partial charge in [-0.1, -0.05) is 60.7 Å². The second-order valence-electron chi connectivity index (χ2n) is 8.67. The molecule has 0 bridgehead atoms. The summed E-state index contributed by atoms with van der Waals surface area (Å²) in [5.74, 6) is -1.45. The Morgan fingerprint density at radius 2 is 1.56 bits per heavy atom. The van der Waals surface area contributed by atoms with E-state index in [9.17, 15) is 27.9 Å². The Kier molecular flexibility index (Phi) is 5.75. The molecule has 0 saturated carbocycles. The van der Waals surface area contributed by atoms with E-state index in [0.717, 1.165) is 22.6 Å². The van der Waals surface area contributed by atoms with Gasteiger partial charge in [0.1, 0.15) is 0 Å². The first-order valence-electron chi connectivity index (χ1n) is 10.6. The fourth-order valence-electron chi connectivity index (χ4n) is 5.09. The van der Waals surface area contributed by atoms with Crippen LogP contribution in [0.2, 0.25) is 0 Å². The van der Waals surface area contributed by atoms with Crippen LogP contribution in [0, 0.1) is 5.41 Å². The summed E-state index contributed by atoms with van der Waals surface area (Å²) >= 11 is 0. The van der Waals surface area contributed by atoms with Gasteiger partial charge in [-0.3, -0.25) is 9.59 Å². The van der Waals surface area contributed by atoms with Gasteiger partial charge in [-0.15, -0.1) is 0 Å². The second-order valence-corrected chi connectivity index (χ2v) is 8.67. The zero-order valence-electron chi connectivity index (χ0n) is 17.4. The van der Waals surface area contributed by atoms with Crippen molar-refractivity contribution in [2.24, 2.45) is 5.41 Å². The summed E-state index contributed by atoms with van der Waals surface area (Å²) in [5, 5.41) is 13.5. The number of nitrogens with one attached hydrogen (secondary N) is 1. The van der Waals surface area contributed by atoms with E-state index in [0.29, 0.717) is 19.4 Å². The summed E-state index contributed by atoms with van der Waals surface area (Å²) in [4.78, 5) is 26.3. The Labute approximate surface area is 184 Å². The minimum Gasteiger partial charge on any atom is -0.369 e. The molecule has 2 amide bonds. The Morgan fingerprint density at radius 3 is 2.12 bits per heavy atom. The average Bonchev–Trinajstić information content (AvgIpc) is 2.79. The molecule has 2 aliphatic rings. The van der Waals surface area contributed by atoms with Gasteiger partial charge < -0.3 is 15.3 Å². The summed E-state index contributed by atoms with van der Waals surface area (Å²) in [5.41, 5.74) is -3.49. The molecule has 2 aromatic carbocycles. The highest BCUT2D eigenvalue weighted by Crippen LogP contribution is 2.50. The van der Waals surface area contributed by atoms with Crippen LogP contribution in [0.1, 0.15) is 36.3 Å². The van der Waals surface area contributed by atoms with Crippen molar-refractivity contribution >= 4 is 11.8 Å². The molecule has 1 spiro atoms. The Balaban J connectivity index is 1.59. The van der Waals surface area contributed by atoms with E-state index in [1.165, 1.54) is 18.2 Å². The van der Waals surface area contributed by atoms with Crippen molar-refractivity contribution in [3.05, 3.63) is 71.8 Å². The number of aliphatic hydroxyl groups is 1. The minimum absolute atomic E-state index is 0.00859. The summed E-state index contributed by atoms with van der Waals surface area (Å²) in [6.07, 6.45) is -4.14. The third kappa shape index (κ3) is 3.77. The topological polar surface area (TPSA) is 69.6 Å². The lowest BCUT2D eigenvalue weighted by Gasteiger charge is -2.50. The van der Waals surface area contributed by atoms with E-state index in [4.69, 9.17) is 0 Å². The van der Waals surface area contributed by atoms with Gasteiger partial charge >= 0.3 is 6.18 Å². The molecule has 0 aliphatic carbocycles. The van der Waals surface area contributed by atoms with Crippen molar-refractivity contribution in [2.45, 2.75) is 37.0 Å². The molecule has 2 aliphatic heterocycles. The normalized spacial score (nSPS) is 22.8. The monoisotopic (exact) mass is 446 g/mol. The number of likely N-dealkylation sites (tertiary alicyclic amines) is 1. The molecule has 8 heteroatoms. The van der Waals surface area contributed by atoms with Crippen LogP contribution in [0.3, 0.4) is 0 Å². The zero-order valence-corrected chi connectivity index (χ0v) is 17.4. The van der Waals surface area contributed by atoms with Crippen LogP contribution in [0.15, 0.2) is 60.7 Å². The fraction of sp³-hybridized carbons (Fsp3) is 0.417. The molecule has 5 nitrogen and oxygen atoms in total. The minimum atomic E-state index is -5.17. The molecule has 0 aromatic heterocycles. The third-order valence-electron chi connectivity index (χ3n) is 6.91. The first-order chi connectivity index (χ1) is 15.2. The highest BCUT2D eigenvalue weighted by atomic mass is 19.4. The van der Waals surface area contributed by atoms with Crippen LogP contribution in [0.5, 0.6) is 0 Å². The van der Waals surface area contributed by atoms with E-state index in [1.807, 2.05) is 30.3 Å². The van der Waals surface area contributed by atoms with E-state index in [-0.39, 0.29) is 31.3 Å². The molecule has 2 fully saturated rings. The standard InChI is InChI=1S/C24H25F3N2O3/c25-24(26,27)23(32,18-9-5-2-6-10-18)21(31)29-13-11-22(12-14-29)15-20(30)28-16-19(22)17-7-3-1-4-8-17/h1-10,19,32H,11-16H2,(H,28,30)/t19-,23?/m0/s1. The quantitative estimate of drug-likeness (QED) is 0.760. The summed E-state index contributed by atoms with van der Waals surface area (Å²) in [7, 11) is 0. The van der Waals surface area contributed by atoms with E-state index < -0.39 is 28.7 Å². The maximum Gasteiger partial charge on any atom is 0.430 e. The molecule has 2 N–H and O–H groups in total. The number of alkyl halides is 3. The highest BCUT2D eigenvalue weighted by molar-refractivity contribution is 5.87. The van der Waals surface area contributed by atoms with Crippen LogP contribution in [-0.4, -0.2) is 47.6 Å². The number of rotatable bonds is 3. The van der Waals surface area contributed by atoms with Crippen LogP contribution in [-0.2, 0) is 15.2 Å².